The number of aliphatic hydroxyl groups excluding tert-OH is 1. The molecule has 2 aliphatic rings. The van der Waals surface area contributed by atoms with Gasteiger partial charge in [-0.25, -0.2) is 4.79 Å². The van der Waals surface area contributed by atoms with Crippen molar-refractivity contribution >= 4 is 6.03 Å². The number of aryl methyl sites for hydroxylation is 2. The van der Waals surface area contributed by atoms with Crippen LogP contribution in [0.5, 0.6) is 0 Å². The van der Waals surface area contributed by atoms with E-state index in [1.807, 2.05) is 33.8 Å². The number of aromatic nitrogens is 2. The van der Waals surface area contributed by atoms with Crippen molar-refractivity contribution in [3.05, 3.63) is 17.5 Å². The van der Waals surface area contributed by atoms with Gasteiger partial charge in [0, 0.05) is 11.7 Å². The summed E-state index contributed by atoms with van der Waals surface area (Å²) in [5.74, 6) is 0. The average Bonchev–Trinajstić information content (AvgIpc) is 3.00. The van der Waals surface area contributed by atoms with E-state index in [-0.39, 0.29) is 18.2 Å². The lowest BCUT2D eigenvalue weighted by Gasteiger charge is -2.39. The normalized spacial score (nSPS) is 33.0. The van der Waals surface area contributed by atoms with Gasteiger partial charge in [0.1, 0.15) is 18.2 Å². The van der Waals surface area contributed by atoms with E-state index in [2.05, 4.69) is 15.7 Å². The summed E-state index contributed by atoms with van der Waals surface area (Å²) in [6, 6.07) is 0.566. The third kappa shape index (κ3) is 3.06. The molecule has 2 amide bonds. The van der Waals surface area contributed by atoms with Crippen LogP contribution < -0.4 is 10.6 Å². The molecule has 0 aromatic carbocycles. The first-order chi connectivity index (χ1) is 10.9. The lowest BCUT2D eigenvalue weighted by molar-refractivity contribution is -0.166. The first-order valence-electron chi connectivity index (χ1n) is 7.91. The number of amides is 2. The Labute approximate surface area is 135 Å². The van der Waals surface area contributed by atoms with Crippen LogP contribution in [0.25, 0.3) is 0 Å². The molecule has 23 heavy (non-hydrogen) atoms. The second-order valence-corrected chi connectivity index (χ2v) is 6.53. The van der Waals surface area contributed by atoms with Crippen molar-refractivity contribution in [1.29, 1.82) is 0 Å². The maximum absolute atomic E-state index is 12.0. The maximum Gasteiger partial charge on any atom is 0.315 e. The van der Waals surface area contributed by atoms with Crippen molar-refractivity contribution < 1.29 is 19.4 Å². The van der Waals surface area contributed by atoms with Crippen LogP contribution in [0.1, 0.15) is 31.3 Å². The Hall–Kier alpha value is -1.64. The standard InChI is InChI=1S/C15H24N4O4/c1-7(2)16-15(21)17-11-10-6-22-14(23-10)12(13(11)20)19-9(4)5-8(3)18-19/h5,7,10-14,20H,6H2,1-4H3,(H2,16,17,21)/t10-,11-,12-,13+,14-/m1/s1. The van der Waals surface area contributed by atoms with E-state index in [0.29, 0.717) is 6.61 Å². The summed E-state index contributed by atoms with van der Waals surface area (Å²) < 4.78 is 13.2. The fourth-order valence-electron chi connectivity index (χ4n) is 3.24. The molecule has 1 aromatic heterocycles. The van der Waals surface area contributed by atoms with Crippen LogP contribution >= 0.6 is 0 Å². The second kappa shape index (κ2) is 6.10. The van der Waals surface area contributed by atoms with Crippen LogP contribution in [0.2, 0.25) is 0 Å². The molecule has 0 saturated carbocycles. The van der Waals surface area contributed by atoms with E-state index < -0.39 is 24.5 Å². The van der Waals surface area contributed by atoms with E-state index in [1.165, 1.54) is 0 Å². The number of fused-ring (bicyclic) bond motifs is 2. The fraction of sp³-hybridized carbons (Fsp3) is 0.733. The molecule has 5 atom stereocenters. The zero-order valence-corrected chi connectivity index (χ0v) is 13.8. The topological polar surface area (TPSA) is 97.6 Å². The number of urea groups is 1. The number of aliphatic hydroxyl groups is 1. The summed E-state index contributed by atoms with van der Waals surface area (Å²) in [7, 11) is 0. The molecule has 0 radical (unpaired) electrons. The lowest BCUT2D eigenvalue weighted by atomic mass is 9.96. The Morgan fingerprint density at radius 2 is 2.22 bits per heavy atom. The van der Waals surface area contributed by atoms with Gasteiger partial charge in [0.05, 0.1) is 18.3 Å². The molecule has 2 aliphatic heterocycles. The van der Waals surface area contributed by atoms with Crippen molar-refractivity contribution in [2.75, 3.05) is 6.61 Å². The zero-order valence-electron chi connectivity index (χ0n) is 13.8. The minimum absolute atomic E-state index is 0.0102. The SMILES string of the molecule is Cc1cc(C)n([C@H]2[C@@H]3OC[C@@H](O3)[C@@H](NC(=O)NC(C)C)[C@@H]2O)n1. The van der Waals surface area contributed by atoms with Crippen LogP contribution in [0.15, 0.2) is 6.07 Å². The summed E-state index contributed by atoms with van der Waals surface area (Å²) in [4.78, 5) is 12.0. The van der Waals surface area contributed by atoms with Gasteiger partial charge in [-0.3, -0.25) is 4.68 Å². The first-order valence-corrected chi connectivity index (χ1v) is 7.91. The Kier molecular flexibility index (Phi) is 4.31. The monoisotopic (exact) mass is 324 g/mol. The van der Waals surface area contributed by atoms with E-state index in [4.69, 9.17) is 9.47 Å². The highest BCUT2D eigenvalue weighted by molar-refractivity contribution is 5.74. The van der Waals surface area contributed by atoms with Gasteiger partial charge < -0.3 is 25.2 Å². The predicted octanol–water partition coefficient (Wildman–Crippen LogP) is 0.233. The zero-order chi connectivity index (χ0) is 16.7. The number of nitrogens with zero attached hydrogens (tertiary/aromatic N) is 2. The summed E-state index contributed by atoms with van der Waals surface area (Å²) >= 11 is 0. The van der Waals surface area contributed by atoms with Gasteiger partial charge in [-0.15, -0.1) is 0 Å². The summed E-state index contributed by atoms with van der Waals surface area (Å²) in [6.07, 6.45) is -1.77. The van der Waals surface area contributed by atoms with Gasteiger partial charge in [-0.2, -0.15) is 5.10 Å². The molecule has 0 spiro atoms. The number of rotatable bonds is 3. The fourth-order valence-corrected chi connectivity index (χ4v) is 3.24. The van der Waals surface area contributed by atoms with Gasteiger partial charge in [0.2, 0.25) is 0 Å². The van der Waals surface area contributed by atoms with Gasteiger partial charge in [0.15, 0.2) is 6.29 Å². The molecular formula is C15H24N4O4. The molecule has 2 saturated heterocycles. The third-order valence-corrected chi connectivity index (χ3v) is 4.18. The smallest absolute Gasteiger partial charge is 0.315 e. The van der Waals surface area contributed by atoms with Crippen LogP contribution in [0.4, 0.5) is 4.79 Å². The van der Waals surface area contributed by atoms with Crippen molar-refractivity contribution in [3.63, 3.8) is 0 Å². The number of hydrogen-bond acceptors (Lipinski definition) is 5. The first kappa shape index (κ1) is 16.2. The van der Waals surface area contributed by atoms with E-state index in [0.717, 1.165) is 11.4 Å². The highest BCUT2D eigenvalue weighted by Crippen LogP contribution is 2.36. The van der Waals surface area contributed by atoms with Gasteiger partial charge in [0.25, 0.3) is 0 Å². The van der Waals surface area contributed by atoms with Crippen LogP contribution in [-0.2, 0) is 9.47 Å². The van der Waals surface area contributed by atoms with Gasteiger partial charge in [-0.05, 0) is 33.8 Å². The largest absolute Gasteiger partial charge is 0.388 e. The van der Waals surface area contributed by atoms with Gasteiger partial charge >= 0.3 is 6.03 Å². The molecular weight excluding hydrogens is 300 g/mol. The van der Waals surface area contributed by atoms with Crippen LogP contribution in [0, 0.1) is 13.8 Å². The van der Waals surface area contributed by atoms with Crippen molar-refractivity contribution in [3.8, 4) is 0 Å². The minimum Gasteiger partial charge on any atom is -0.388 e. The van der Waals surface area contributed by atoms with Crippen molar-refractivity contribution in [2.24, 2.45) is 0 Å². The van der Waals surface area contributed by atoms with Crippen LogP contribution in [0.3, 0.4) is 0 Å². The molecule has 1 aromatic rings. The Morgan fingerprint density at radius 1 is 1.48 bits per heavy atom. The molecule has 3 rings (SSSR count). The predicted molar refractivity (Wildman–Crippen MR) is 81.9 cm³/mol. The number of nitrogens with one attached hydrogen (secondary N) is 2. The highest BCUT2D eigenvalue weighted by atomic mass is 16.7. The van der Waals surface area contributed by atoms with E-state index in [1.54, 1.807) is 4.68 Å². The molecule has 2 bridgehead atoms. The highest BCUT2D eigenvalue weighted by Gasteiger charge is 2.52. The molecule has 0 unspecified atom stereocenters. The van der Waals surface area contributed by atoms with Crippen molar-refractivity contribution in [2.45, 2.75) is 64.3 Å². The van der Waals surface area contributed by atoms with Crippen molar-refractivity contribution in [1.82, 2.24) is 20.4 Å². The second-order valence-electron chi connectivity index (χ2n) is 6.53. The Morgan fingerprint density at radius 3 is 2.83 bits per heavy atom. The number of hydrogen-bond donors (Lipinski definition) is 3. The number of carbonyl (C=O) groups excluding carboxylic acids is 1. The minimum atomic E-state index is -0.850. The quantitative estimate of drug-likeness (QED) is 0.740. The molecule has 8 nitrogen and oxygen atoms in total. The summed E-state index contributed by atoms with van der Waals surface area (Å²) in [5.41, 5.74) is 1.77. The summed E-state index contributed by atoms with van der Waals surface area (Å²) in [6.45, 7) is 7.90. The number of ether oxygens (including phenoxy) is 2. The van der Waals surface area contributed by atoms with Gasteiger partial charge in [-0.1, -0.05) is 0 Å². The average molecular weight is 324 g/mol. The molecule has 0 aliphatic carbocycles. The molecule has 3 N–H and O–H groups in total. The number of carbonyl (C=O) groups is 1. The summed E-state index contributed by atoms with van der Waals surface area (Å²) in [5, 5.41) is 20.8. The lowest BCUT2D eigenvalue weighted by Crippen LogP contribution is -2.60. The van der Waals surface area contributed by atoms with Crippen LogP contribution in [-0.4, -0.2) is 58.1 Å². The molecule has 128 valence electrons. The molecule has 8 heteroatoms. The Balaban J connectivity index is 1.82. The molecule has 2 fully saturated rings. The molecule has 3 heterocycles. The van der Waals surface area contributed by atoms with E-state index >= 15 is 0 Å². The Bertz CT molecular complexity index is 588. The van der Waals surface area contributed by atoms with E-state index in [9.17, 15) is 9.90 Å². The third-order valence-electron chi connectivity index (χ3n) is 4.18. The maximum atomic E-state index is 12.0.